The maximum Gasteiger partial charge on any atom is 0.249 e. The fraction of sp³-hybridized carbons (Fsp3) is 0.282. The van der Waals surface area contributed by atoms with Crippen LogP contribution in [0, 0.1) is 11.8 Å². The van der Waals surface area contributed by atoms with Crippen LogP contribution >= 0.6 is 0 Å². The fourth-order valence-corrected chi connectivity index (χ4v) is 8.39. The van der Waals surface area contributed by atoms with Crippen molar-refractivity contribution in [3.63, 3.8) is 0 Å². The number of nitrogens with one attached hydrogen (secondary N) is 3. The number of aliphatic hydroxyl groups excluding tert-OH is 1. The molecule has 2 unspecified atom stereocenters. The molecule has 4 aliphatic heterocycles. The van der Waals surface area contributed by atoms with Gasteiger partial charge in [0.25, 0.3) is 0 Å². The van der Waals surface area contributed by atoms with Gasteiger partial charge in [0.1, 0.15) is 23.3 Å². The van der Waals surface area contributed by atoms with Crippen molar-refractivity contribution in [2.75, 3.05) is 5.32 Å². The van der Waals surface area contributed by atoms with Crippen LogP contribution in [0.2, 0.25) is 0 Å². The molecule has 0 fully saturated rings. The Hall–Kier alpha value is -5.68. The highest BCUT2D eigenvalue weighted by atomic mass is 16.5. The molecule has 0 saturated heterocycles. The van der Waals surface area contributed by atoms with Crippen LogP contribution in [0.3, 0.4) is 0 Å². The van der Waals surface area contributed by atoms with Crippen molar-refractivity contribution in [3.8, 4) is 39.8 Å². The van der Waals surface area contributed by atoms with Gasteiger partial charge >= 0.3 is 0 Å². The first-order valence-corrected chi connectivity index (χ1v) is 17.0. The molecule has 0 aliphatic carbocycles. The van der Waals surface area contributed by atoms with E-state index in [0.29, 0.717) is 28.9 Å². The molecule has 0 radical (unpaired) electrons. The maximum absolute atomic E-state index is 14.0. The van der Waals surface area contributed by atoms with Gasteiger partial charge in [0.15, 0.2) is 29.2 Å². The number of ether oxygens (including phenoxy) is 1. The van der Waals surface area contributed by atoms with Crippen LogP contribution in [0.15, 0.2) is 75.8 Å². The molecule has 4 aliphatic rings. The number of carbonyl (C=O) groups excluding carboxylic acids is 2. The first-order valence-electron chi connectivity index (χ1n) is 17.0. The third-order valence-corrected chi connectivity index (χ3v) is 10.8. The Kier molecular flexibility index (Phi) is 5.95. The number of aliphatic hydroxyl groups is 1. The van der Waals surface area contributed by atoms with E-state index in [2.05, 4.69) is 45.9 Å². The van der Waals surface area contributed by atoms with Crippen molar-refractivity contribution < 1.29 is 28.3 Å². The standard InChI is InChI=1S/C39H33N5O6/c1-17(2)31-37-43-33-34(50-37)39-24-8-4-7-22(21-6-5-9-26-30(21)23(15-40-26)29-16-41-36(33)48-29)32(24)44-38(39)49-28-11-10-19(13-25(28)39)12-20(35(47)42-31)14-27(46)18(3)45/h4-11,13,15-18,20,31,38,40,44-45H,12,14H2,1-3H3,(H,42,47)/t18-,20?,31-,38?,39-/m0/s1. The number of anilines is 1. The van der Waals surface area contributed by atoms with Gasteiger partial charge in [-0.1, -0.05) is 56.3 Å². The molecule has 3 aromatic heterocycles. The number of benzene rings is 3. The molecule has 1 spiro atoms. The quantitative estimate of drug-likeness (QED) is 0.170. The lowest BCUT2D eigenvalue weighted by atomic mass is 9.72. The predicted molar refractivity (Wildman–Crippen MR) is 183 cm³/mol. The minimum absolute atomic E-state index is 0.114. The lowest BCUT2D eigenvalue weighted by molar-refractivity contribution is -0.133. The minimum atomic E-state index is -1.18. The van der Waals surface area contributed by atoms with Crippen LogP contribution in [-0.4, -0.2) is 44.1 Å². The highest BCUT2D eigenvalue weighted by Crippen LogP contribution is 2.61. The van der Waals surface area contributed by atoms with Crippen molar-refractivity contribution in [1.29, 1.82) is 0 Å². The van der Waals surface area contributed by atoms with E-state index >= 15 is 0 Å². The van der Waals surface area contributed by atoms with Gasteiger partial charge in [0.2, 0.25) is 17.7 Å². The second-order valence-electron chi connectivity index (χ2n) is 14.2. The van der Waals surface area contributed by atoms with Crippen molar-refractivity contribution in [2.45, 2.75) is 57.4 Å². The van der Waals surface area contributed by atoms with Gasteiger partial charge in [-0.2, -0.15) is 0 Å². The van der Waals surface area contributed by atoms with Gasteiger partial charge < -0.3 is 34.3 Å². The molecule has 10 rings (SSSR count). The zero-order chi connectivity index (χ0) is 34.1. The molecule has 11 heteroatoms. The van der Waals surface area contributed by atoms with E-state index in [1.54, 1.807) is 6.20 Å². The van der Waals surface area contributed by atoms with E-state index in [9.17, 15) is 14.7 Å². The number of fused-ring (bicyclic) bond motifs is 7. The average Bonchev–Trinajstić information content (AvgIpc) is 3.92. The van der Waals surface area contributed by atoms with Gasteiger partial charge in [0, 0.05) is 57.4 Å². The Bertz CT molecular complexity index is 2420. The molecule has 50 heavy (non-hydrogen) atoms. The minimum Gasteiger partial charge on any atom is -0.469 e. The Morgan fingerprint density at radius 2 is 1.86 bits per heavy atom. The number of Topliss-reactive ketones (excluding diaryl/α,β-unsaturated/α-hetero) is 1. The largest absolute Gasteiger partial charge is 0.469 e. The van der Waals surface area contributed by atoms with Crippen molar-refractivity contribution >= 4 is 28.3 Å². The number of amides is 1. The monoisotopic (exact) mass is 667 g/mol. The van der Waals surface area contributed by atoms with E-state index in [-0.39, 0.29) is 30.6 Å². The number of aromatic nitrogens is 3. The number of oxazole rings is 2. The SMILES string of the molecule is CC(C)[C@@H]1NC(=O)C(CC(=O)[C@H](C)O)Cc2ccc3c(c2)[C@]24c5cccc(c5NC2O3)-c2cccc3[nH]cc(c23)-c2cnc(o2)-c2nc1oc24. The molecule has 10 bridgehead atoms. The lowest BCUT2D eigenvalue weighted by Crippen LogP contribution is -2.40. The molecule has 3 aromatic carbocycles. The number of hydrogen-bond acceptors (Lipinski definition) is 9. The van der Waals surface area contributed by atoms with Gasteiger partial charge in [-0.3, -0.25) is 9.59 Å². The normalized spacial score (nSPS) is 23.0. The van der Waals surface area contributed by atoms with Crippen molar-refractivity contribution in [1.82, 2.24) is 20.3 Å². The van der Waals surface area contributed by atoms with Crippen molar-refractivity contribution in [2.24, 2.45) is 11.8 Å². The van der Waals surface area contributed by atoms with E-state index in [1.165, 1.54) is 6.92 Å². The third kappa shape index (κ3) is 3.83. The summed E-state index contributed by atoms with van der Waals surface area (Å²) in [7, 11) is 0. The molecule has 11 nitrogen and oxygen atoms in total. The first-order chi connectivity index (χ1) is 24.2. The molecule has 6 aromatic rings. The van der Waals surface area contributed by atoms with Crippen LogP contribution in [0.5, 0.6) is 5.75 Å². The Balaban J connectivity index is 1.31. The Morgan fingerprint density at radius 1 is 1.02 bits per heavy atom. The maximum atomic E-state index is 14.0. The Labute approximate surface area is 286 Å². The summed E-state index contributed by atoms with van der Waals surface area (Å²) in [6, 6.07) is 17.7. The van der Waals surface area contributed by atoms with Gasteiger partial charge in [-0.15, -0.1) is 0 Å². The summed E-state index contributed by atoms with van der Waals surface area (Å²) >= 11 is 0. The van der Waals surface area contributed by atoms with Crippen LogP contribution in [0.4, 0.5) is 5.69 Å². The zero-order valence-electron chi connectivity index (χ0n) is 27.5. The molecular weight excluding hydrogens is 634 g/mol. The molecule has 0 saturated carbocycles. The zero-order valence-corrected chi connectivity index (χ0v) is 27.5. The van der Waals surface area contributed by atoms with E-state index in [4.69, 9.17) is 23.5 Å². The first kappa shape index (κ1) is 29.3. The summed E-state index contributed by atoms with van der Waals surface area (Å²) < 4.78 is 20.4. The number of rotatable bonds is 4. The summed E-state index contributed by atoms with van der Waals surface area (Å²) in [5, 5.41) is 18.0. The third-order valence-electron chi connectivity index (χ3n) is 10.8. The highest BCUT2D eigenvalue weighted by Gasteiger charge is 2.61. The number of para-hydroxylation sites is 1. The number of H-pyrrole nitrogens is 1. The second-order valence-corrected chi connectivity index (χ2v) is 14.2. The van der Waals surface area contributed by atoms with Crippen LogP contribution in [-0.2, 0) is 21.4 Å². The number of carbonyl (C=O) groups is 2. The highest BCUT2D eigenvalue weighted by molar-refractivity contribution is 6.07. The molecule has 5 atom stereocenters. The lowest BCUT2D eigenvalue weighted by Gasteiger charge is -2.28. The van der Waals surface area contributed by atoms with Crippen molar-refractivity contribution in [3.05, 3.63) is 95.3 Å². The number of ketones is 1. The summed E-state index contributed by atoms with van der Waals surface area (Å²) in [5.74, 6) is 0.728. The van der Waals surface area contributed by atoms with E-state index < -0.39 is 35.5 Å². The van der Waals surface area contributed by atoms with Crippen LogP contribution in [0.25, 0.3) is 44.9 Å². The number of aromatic amines is 1. The average molecular weight is 668 g/mol. The molecule has 4 N–H and O–H groups in total. The summed E-state index contributed by atoms with van der Waals surface area (Å²) in [6.07, 6.45) is 2.01. The van der Waals surface area contributed by atoms with Crippen LogP contribution < -0.4 is 15.4 Å². The smallest absolute Gasteiger partial charge is 0.249 e. The topological polar surface area (TPSA) is 156 Å². The molecule has 250 valence electrons. The number of nitrogens with zero attached hydrogens (tertiary/aromatic N) is 2. The summed E-state index contributed by atoms with van der Waals surface area (Å²) in [4.78, 5) is 40.2. The molecule has 1 amide bonds. The molecular formula is C39H33N5O6. The van der Waals surface area contributed by atoms with Gasteiger partial charge in [-0.25, -0.2) is 9.97 Å². The summed E-state index contributed by atoms with van der Waals surface area (Å²) in [5.41, 5.74) is 6.79. The van der Waals surface area contributed by atoms with Gasteiger partial charge in [-0.05, 0) is 42.5 Å². The molecule has 7 heterocycles. The summed E-state index contributed by atoms with van der Waals surface area (Å²) in [6.45, 7) is 5.39. The number of hydrogen-bond donors (Lipinski definition) is 4. The Morgan fingerprint density at radius 3 is 2.70 bits per heavy atom. The van der Waals surface area contributed by atoms with Crippen LogP contribution in [0.1, 0.15) is 61.6 Å². The van der Waals surface area contributed by atoms with Gasteiger partial charge in [0.05, 0.1) is 6.20 Å². The predicted octanol–water partition coefficient (Wildman–Crippen LogP) is 6.26. The van der Waals surface area contributed by atoms with E-state index in [0.717, 1.165) is 50.0 Å². The van der Waals surface area contributed by atoms with E-state index in [1.807, 2.05) is 44.3 Å². The second kappa shape index (κ2) is 10.2. The fourth-order valence-electron chi connectivity index (χ4n) is 8.39.